The fourth-order valence-electron chi connectivity index (χ4n) is 1.95. The van der Waals surface area contributed by atoms with Crippen LogP contribution in [0.2, 0.25) is 0 Å². The molecule has 1 N–H and O–H groups in total. The predicted molar refractivity (Wildman–Crippen MR) is 52.0 cm³/mol. The van der Waals surface area contributed by atoms with Crippen LogP contribution in [0.15, 0.2) is 0 Å². The Balaban J connectivity index is 2.46. The molecule has 0 aromatic rings. The molecule has 15 heavy (non-hydrogen) atoms. The zero-order chi connectivity index (χ0) is 11.6. The summed E-state index contributed by atoms with van der Waals surface area (Å²) in [7, 11) is 0. The zero-order valence-electron chi connectivity index (χ0n) is 9.04. The molecule has 0 bridgehead atoms. The van der Waals surface area contributed by atoms with E-state index in [9.17, 15) is 13.6 Å². The maximum atomic E-state index is 13.0. The van der Waals surface area contributed by atoms with Crippen LogP contribution in [-0.2, 0) is 4.79 Å². The lowest BCUT2D eigenvalue weighted by atomic mass is 9.91. The molecule has 1 rings (SSSR count). The molecule has 0 amide bonds. The fraction of sp³-hybridized carbons (Fsp3) is 0.900. The van der Waals surface area contributed by atoms with E-state index >= 15 is 0 Å². The minimum atomic E-state index is -2.64. The van der Waals surface area contributed by atoms with Crippen molar-refractivity contribution in [2.24, 2.45) is 5.92 Å². The molecular formula is C10H17F2NO2. The topological polar surface area (TPSA) is 40.5 Å². The lowest BCUT2D eigenvalue weighted by molar-refractivity contribution is -0.144. The summed E-state index contributed by atoms with van der Waals surface area (Å²) in [6.07, 6.45) is 0.752. The van der Waals surface area contributed by atoms with Crippen molar-refractivity contribution in [2.45, 2.75) is 38.7 Å². The van der Waals surface area contributed by atoms with E-state index in [0.717, 1.165) is 6.92 Å². The van der Waals surface area contributed by atoms with Crippen molar-refractivity contribution in [3.8, 4) is 0 Å². The van der Waals surface area contributed by atoms with Crippen molar-refractivity contribution in [1.29, 1.82) is 0 Å². The van der Waals surface area contributed by atoms with Gasteiger partial charge in [0, 0.05) is 5.92 Å². The van der Waals surface area contributed by atoms with Crippen molar-refractivity contribution in [3.63, 3.8) is 0 Å². The molecule has 1 heterocycles. The first-order valence-electron chi connectivity index (χ1n) is 5.17. The van der Waals surface area contributed by atoms with E-state index in [0.29, 0.717) is 25.9 Å². The van der Waals surface area contributed by atoms with Gasteiger partial charge in [0.25, 0.3) is 0 Å². The number of hydrogen-bond acceptors (Lipinski definition) is 2. The van der Waals surface area contributed by atoms with Crippen LogP contribution in [0.1, 0.15) is 26.7 Å². The second-order valence-corrected chi connectivity index (χ2v) is 4.28. The van der Waals surface area contributed by atoms with Crippen LogP contribution < -0.4 is 0 Å². The summed E-state index contributed by atoms with van der Waals surface area (Å²) in [6, 6.07) is -0.573. The van der Waals surface area contributed by atoms with Crippen molar-refractivity contribution >= 4 is 5.97 Å². The number of aliphatic carboxylic acids is 1. The van der Waals surface area contributed by atoms with Crippen molar-refractivity contribution in [2.75, 3.05) is 13.1 Å². The van der Waals surface area contributed by atoms with Crippen LogP contribution in [0.3, 0.4) is 0 Å². The number of carbonyl (C=O) groups is 1. The van der Waals surface area contributed by atoms with Crippen LogP contribution in [0.5, 0.6) is 0 Å². The standard InChI is InChI=1S/C10H17F2NO2/c1-7(9(14)15)13-5-3-8(4-6-13)10(2,11)12/h7-8H,3-6H2,1-2H3,(H,14,15)/t7-/m1/s1. The van der Waals surface area contributed by atoms with E-state index in [1.165, 1.54) is 0 Å². The van der Waals surface area contributed by atoms with Gasteiger partial charge in [0.05, 0.1) is 0 Å². The van der Waals surface area contributed by atoms with Gasteiger partial charge in [-0.05, 0) is 39.8 Å². The highest BCUT2D eigenvalue weighted by atomic mass is 19.3. The van der Waals surface area contributed by atoms with Gasteiger partial charge in [0.1, 0.15) is 6.04 Å². The molecule has 1 saturated heterocycles. The Labute approximate surface area is 88.1 Å². The van der Waals surface area contributed by atoms with Gasteiger partial charge >= 0.3 is 5.97 Å². The molecule has 1 fully saturated rings. The number of nitrogens with zero attached hydrogens (tertiary/aromatic N) is 1. The van der Waals surface area contributed by atoms with E-state index in [1.54, 1.807) is 11.8 Å². The Morgan fingerprint density at radius 1 is 1.47 bits per heavy atom. The second kappa shape index (κ2) is 4.43. The van der Waals surface area contributed by atoms with Crippen LogP contribution in [0, 0.1) is 5.92 Å². The van der Waals surface area contributed by atoms with Crippen LogP contribution in [0.25, 0.3) is 0 Å². The highest BCUT2D eigenvalue weighted by Gasteiger charge is 2.37. The van der Waals surface area contributed by atoms with E-state index in [2.05, 4.69) is 0 Å². The highest BCUT2D eigenvalue weighted by molar-refractivity contribution is 5.72. The quantitative estimate of drug-likeness (QED) is 0.790. The second-order valence-electron chi connectivity index (χ2n) is 4.28. The maximum Gasteiger partial charge on any atom is 0.320 e. The smallest absolute Gasteiger partial charge is 0.320 e. The number of halogens is 2. The summed E-state index contributed by atoms with van der Waals surface area (Å²) in [5.41, 5.74) is 0. The lowest BCUT2D eigenvalue weighted by Gasteiger charge is -2.36. The van der Waals surface area contributed by atoms with Gasteiger partial charge in [-0.3, -0.25) is 9.69 Å². The first-order valence-corrected chi connectivity index (χ1v) is 5.17. The average Bonchev–Trinajstić information content (AvgIpc) is 2.15. The number of carboxylic acid groups (broad SMARTS) is 1. The SMILES string of the molecule is C[C@H](C(=O)O)N1CCC(C(C)(F)F)CC1. The van der Waals surface area contributed by atoms with Gasteiger partial charge in [-0.2, -0.15) is 0 Å². The molecule has 1 aliphatic rings. The summed E-state index contributed by atoms with van der Waals surface area (Å²) in [6.45, 7) is 3.42. The number of rotatable bonds is 3. The summed E-state index contributed by atoms with van der Waals surface area (Å²) >= 11 is 0. The predicted octanol–water partition coefficient (Wildman–Crippen LogP) is 1.83. The monoisotopic (exact) mass is 221 g/mol. The summed E-state index contributed by atoms with van der Waals surface area (Å²) in [5.74, 6) is -4.13. The fourth-order valence-corrected chi connectivity index (χ4v) is 1.95. The van der Waals surface area contributed by atoms with Crippen LogP contribution >= 0.6 is 0 Å². The largest absolute Gasteiger partial charge is 0.480 e. The highest BCUT2D eigenvalue weighted by Crippen LogP contribution is 2.32. The third-order valence-electron chi connectivity index (χ3n) is 3.15. The Bertz CT molecular complexity index is 232. The molecule has 3 nitrogen and oxygen atoms in total. The minimum Gasteiger partial charge on any atom is -0.480 e. The van der Waals surface area contributed by atoms with Gasteiger partial charge in [-0.1, -0.05) is 0 Å². The summed E-state index contributed by atoms with van der Waals surface area (Å²) in [5, 5.41) is 8.77. The molecule has 0 saturated carbocycles. The molecule has 0 aromatic carbocycles. The molecule has 88 valence electrons. The zero-order valence-corrected chi connectivity index (χ0v) is 9.04. The number of likely N-dealkylation sites (tertiary alicyclic amines) is 1. The van der Waals surface area contributed by atoms with Gasteiger partial charge in [0.2, 0.25) is 5.92 Å². The van der Waals surface area contributed by atoms with Crippen molar-refractivity contribution < 1.29 is 18.7 Å². The molecule has 5 heteroatoms. The van der Waals surface area contributed by atoms with Crippen LogP contribution in [0.4, 0.5) is 8.78 Å². The van der Waals surface area contributed by atoms with Crippen molar-refractivity contribution in [3.05, 3.63) is 0 Å². The van der Waals surface area contributed by atoms with Gasteiger partial charge in [-0.15, -0.1) is 0 Å². The molecule has 0 spiro atoms. The van der Waals surface area contributed by atoms with Gasteiger partial charge < -0.3 is 5.11 Å². The van der Waals surface area contributed by atoms with E-state index in [4.69, 9.17) is 5.11 Å². The van der Waals surface area contributed by atoms with Crippen LogP contribution in [-0.4, -0.2) is 41.0 Å². The number of piperidine rings is 1. The van der Waals surface area contributed by atoms with Crippen molar-refractivity contribution in [1.82, 2.24) is 4.90 Å². The molecular weight excluding hydrogens is 204 g/mol. The normalized spacial score (nSPS) is 22.7. The first-order chi connectivity index (χ1) is 6.82. The Hall–Kier alpha value is -0.710. The lowest BCUT2D eigenvalue weighted by Crippen LogP contribution is -2.46. The number of alkyl halides is 2. The third-order valence-corrected chi connectivity index (χ3v) is 3.15. The average molecular weight is 221 g/mol. The Morgan fingerprint density at radius 3 is 2.27 bits per heavy atom. The minimum absolute atomic E-state index is 0.376. The first kappa shape index (κ1) is 12.4. The summed E-state index contributed by atoms with van der Waals surface area (Å²) < 4.78 is 25.9. The number of carboxylic acids is 1. The van der Waals surface area contributed by atoms with Gasteiger partial charge in [0.15, 0.2) is 0 Å². The van der Waals surface area contributed by atoms with Gasteiger partial charge in [-0.25, -0.2) is 8.78 Å². The number of hydrogen-bond donors (Lipinski definition) is 1. The molecule has 0 radical (unpaired) electrons. The Morgan fingerprint density at radius 2 is 1.93 bits per heavy atom. The van der Waals surface area contributed by atoms with E-state index in [1.807, 2.05) is 0 Å². The molecule has 0 aromatic heterocycles. The molecule has 0 aliphatic carbocycles. The Kier molecular flexibility index (Phi) is 3.65. The molecule has 0 unspecified atom stereocenters. The molecule has 1 aliphatic heterocycles. The summed E-state index contributed by atoms with van der Waals surface area (Å²) in [4.78, 5) is 12.4. The van der Waals surface area contributed by atoms with E-state index in [-0.39, 0.29) is 0 Å². The third kappa shape index (κ3) is 3.12. The molecule has 1 atom stereocenters. The van der Waals surface area contributed by atoms with E-state index < -0.39 is 23.9 Å². The maximum absolute atomic E-state index is 13.0.